The van der Waals surface area contributed by atoms with Gasteiger partial charge >= 0.3 is 0 Å². The molecular formula is C15H18N2. The summed E-state index contributed by atoms with van der Waals surface area (Å²) in [5, 5.41) is 0. The van der Waals surface area contributed by atoms with E-state index in [0.29, 0.717) is 6.04 Å². The van der Waals surface area contributed by atoms with Crippen LogP contribution < -0.4 is 10.6 Å². The van der Waals surface area contributed by atoms with Gasteiger partial charge in [-0.3, -0.25) is 0 Å². The number of nitrogen functional groups attached to an aromatic ring is 1. The molecule has 2 unspecified atom stereocenters. The van der Waals surface area contributed by atoms with Crippen LogP contribution >= 0.6 is 0 Å². The molecule has 0 radical (unpaired) electrons. The molecule has 0 aromatic heterocycles. The third kappa shape index (κ3) is 1.21. The van der Waals surface area contributed by atoms with Crippen molar-refractivity contribution in [2.45, 2.75) is 25.3 Å². The number of hydrogen-bond acceptors (Lipinski definition) is 2. The minimum Gasteiger partial charge on any atom is -0.398 e. The molecule has 1 aliphatic carbocycles. The molecule has 0 spiro atoms. The highest BCUT2D eigenvalue weighted by Gasteiger charge is 2.46. The summed E-state index contributed by atoms with van der Waals surface area (Å²) in [6.45, 7) is 5.49. The van der Waals surface area contributed by atoms with Gasteiger partial charge in [-0.1, -0.05) is 30.4 Å². The van der Waals surface area contributed by atoms with E-state index >= 15 is 0 Å². The highest BCUT2D eigenvalue weighted by Crippen LogP contribution is 2.50. The molecule has 2 heteroatoms. The molecule has 1 aromatic rings. The first-order valence-corrected chi connectivity index (χ1v) is 6.20. The van der Waals surface area contributed by atoms with Crippen molar-refractivity contribution in [3.8, 4) is 0 Å². The molecule has 0 bridgehead atoms. The lowest BCUT2D eigenvalue weighted by Crippen LogP contribution is -2.41. The quantitative estimate of drug-likeness (QED) is 0.746. The molecule has 0 fully saturated rings. The largest absolute Gasteiger partial charge is 0.398 e. The van der Waals surface area contributed by atoms with E-state index in [9.17, 15) is 0 Å². The first kappa shape index (κ1) is 10.5. The average Bonchev–Trinajstić information content (AvgIpc) is 2.58. The normalized spacial score (nSPS) is 29.3. The monoisotopic (exact) mass is 226 g/mol. The van der Waals surface area contributed by atoms with Crippen LogP contribution in [-0.4, -0.2) is 12.6 Å². The van der Waals surface area contributed by atoms with Gasteiger partial charge in [-0.25, -0.2) is 0 Å². The number of benzene rings is 1. The lowest BCUT2D eigenvalue weighted by molar-refractivity contribution is 0.529. The summed E-state index contributed by atoms with van der Waals surface area (Å²) in [4.78, 5) is 2.44. The smallest absolute Gasteiger partial charge is 0.0606 e. The van der Waals surface area contributed by atoms with Crippen molar-refractivity contribution in [3.63, 3.8) is 0 Å². The van der Waals surface area contributed by atoms with Gasteiger partial charge in [0, 0.05) is 28.9 Å². The van der Waals surface area contributed by atoms with Crippen molar-refractivity contribution >= 4 is 11.4 Å². The van der Waals surface area contributed by atoms with Gasteiger partial charge in [0.15, 0.2) is 0 Å². The maximum absolute atomic E-state index is 6.20. The number of rotatable bonds is 1. The number of fused-ring (bicyclic) bond motifs is 3. The van der Waals surface area contributed by atoms with Gasteiger partial charge in [0.25, 0.3) is 0 Å². The summed E-state index contributed by atoms with van der Waals surface area (Å²) in [5.41, 5.74) is 9.70. The Kier molecular flexibility index (Phi) is 2.09. The molecular weight excluding hydrogens is 208 g/mol. The van der Waals surface area contributed by atoms with Crippen LogP contribution in [0.3, 0.4) is 0 Å². The summed E-state index contributed by atoms with van der Waals surface area (Å²) in [6.07, 6.45) is 8.83. The van der Waals surface area contributed by atoms with E-state index in [2.05, 4.69) is 49.1 Å². The van der Waals surface area contributed by atoms with Gasteiger partial charge in [-0.15, -0.1) is 0 Å². The van der Waals surface area contributed by atoms with Gasteiger partial charge < -0.3 is 10.6 Å². The third-order valence-corrected chi connectivity index (χ3v) is 4.06. The molecule has 17 heavy (non-hydrogen) atoms. The summed E-state index contributed by atoms with van der Waals surface area (Å²) >= 11 is 0. The van der Waals surface area contributed by atoms with Crippen molar-refractivity contribution in [2.75, 3.05) is 17.2 Å². The molecule has 2 atom stereocenters. The lowest BCUT2D eigenvalue weighted by Gasteiger charge is -2.34. The average molecular weight is 226 g/mol. The molecule has 2 aliphatic rings. The molecule has 2 nitrogen and oxygen atoms in total. The predicted molar refractivity (Wildman–Crippen MR) is 73.3 cm³/mol. The molecule has 2 N–H and O–H groups in total. The van der Waals surface area contributed by atoms with E-state index in [1.165, 1.54) is 11.3 Å². The van der Waals surface area contributed by atoms with E-state index < -0.39 is 0 Å². The number of hydrogen-bond donors (Lipinski definition) is 1. The zero-order valence-electron chi connectivity index (χ0n) is 10.4. The molecule has 0 amide bonds. The molecule has 0 saturated carbocycles. The predicted octanol–water partition coefficient (Wildman–Crippen LogP) is 2.86. The molecule has 3 rings (SSSR count). The van der Waals surface area contributed by atoms with Crippen molar-refractivity contribution in [2.24, 2.45) is 0 Å². The standard InChI is InChI=1S/C15H18N2/c1-3-17-12-8-6-7-11(16)14(12)15(2)10-5-4-9-13(15)17/h4-10,13H,3,16H2,1-2H3. The van der Waals surface area contributed by atoms with Crippen LogP contribution in [-0.2, 0) is 5.41 Å². The van der Waals surface area contributed by atoms with Crippen molar-refractivity contribution in [1.29, 1.82) is 0 Å². The van der Waals surface area contributed by atoms with Gasteiger partial charge in [0.2, 0.25) is 0 Å². The van der Waals surface area contributed by atoms with Crippen molar-refractivity contribution in [1.82, 2.24) is 0 Å². The Morgan fingerprint density at radius 1 is 1.35 bits per heavy atom. The number of likely N-dealkylation sites (N-methyl/N-ethyl adjacent to an activating group) is 1. The van der Waals surface area contributed by atoms with E-state index in [-0.39, 0.29) is 5.41 Å². The Labute approximate surface area is 102 Å². The molecule has 1 heterocycles. The van der Waals surface area contributed by atoms with Crippen LogP contribution in [0.4, 0.5) is 11.4 Å². The molecule has 1 aromatic carbocycles. The second kappa shape index (κ2) is 3.39. The van der Waals surface area contributed by atoms with Gasteiger partial charge in [0.1, 0.15) is 0 Å². The van der Waals surface area contributed by atoms with Crippen LogP contribution in [0, 0.1) is 0 Å². The maximum Gasteiger partial charge on any atom is 0.0606 e. The SMILES string of the molecule is CCN1c2cccc(N)c2C2(C)C=CC=CC12. The highest BCUT2D eigenvalue weighted by molar-refractivity contribution is 5.76. The van der Waals surface area contributed by atoms with Crippen LogP contribution in [0.2, 0.25) is 0 Å². The Morgan fingerprint density at radius 3 is 2.94 bits per heavy atom. The van der Waals surface area contributed by atoms with E-state index in [1.807, 2.05) is 12.1 Å². The third-order valence-electron chi connectivity index (χ3n) is 4.06. The minimum atomic E-state index is 0.0193. The van der Waals surface area contributed by atoms with Crippen LogP contribution in [0.15, 0.2) is 42.5 Å². The minimum absolute atomic E-state index is 0.0193. The van der Waals surface area contributed by atoms with Crippen molar-refractivity contribution in [3.05, 3.63) is 48.1 Å². The molecule has 88 valence electrons. The fourth-order valence-corrected chi connectivity index (χ4v) is 3.28. The van der Waals surface area contributed by atoms with E-state index in [4.69, 9.17) is 5.73 Å². The summed E-state index contributed by atoms with van der Waals surface area (Å²) in [5.74, 6) is 0. The fourth-order valence-electron chi connectivity index (χ4n) is 3.28. The lowest BCUT2D eigenvalue weighted by atomic mass is 9.75. The first-order chi connectivity index (χ1) is 8.18. The number of allylic oxidation sites excluding steroid dienone is 2. The van der Waals surface area contributed by atoms with Gasteiger partial charge in [-0.05, 0) is 26.0 Å². The van der Waals surface area contributed by atoms with Crippen LogP contribution in [0.1, 0.15) is 19.4 Å². The molecule has 0 saturated heterocycles. The Hall–Kier alpha value is -1.70. The zero-order valence-corrected chi connectivity index (χ0v) is 10.4. The second-order valence-electron chi connectivity index (χ2n) is 5.00. The van der Waals surface area contributed by atoms with E-state index in [0.717, 1.165) is 12.2 Å². The number of anilines is 2. The Balaban J connectivity index is 2.28. The first-order valence-electron chi connectivity index (χ1n) is 6.20. The number of nitrogens with zero attached hydrogens (tertiary/aromatic N) is 1. The number of nitrogens with two attached hydrogens (primary N) is 1. The summed E-state index contributed by atoms with van der Waals surface area (Å²) in [6, 6.07) is 6.63. The highest BCUT2D eigenvalue weighted by atomic mass is 15.2. The fraction of sp³-hybridized carbons (Fsp3) is 0.333. The Bertz CT molecular complexity index is 516. The van der Waals surface area contributed by atoms with Crippen molar-refractivity contribution < 1.29 is 0 Å². The second-order valence-corrected chi connectivity index (χ2v) is 5.00. The Morgan fingerprint density at radius 2 is 2.18 bits per heavy atom. The topological polar surface area (TPSA) is 29.3 Å². The van der Waals surface area contributed by atoms with Gasteiger partial charge in [-0.2, -0.15) is 0 Å². The zero-order chi connectivity index (χ0) is 12.0. The molecule has 1 aliphatic heterocycles. The summed E-state index contributed by atoms with van der Waals surface area (Å²) in [7, 11) is 0. The summed E-state index contributed by atoms with van der Waals surface area (Å²) < 4.78 is 0. The van der Waals surface area contributed by atoms with E-state index in [1.54, 1.807) is 0 Å². The van der Waals surface area contributed by atoms with Crippen LogP contribution in [0.25, 0.3) is 0 Å². The maximum atomic E-state index is 6.20. The van der Waals surface area contributed by atoms with Crippen LogP contribution in [0.5, 0.6) is 0 Å². The van der Waals surface area contributed by atoms with Gasteiger partial charge in [0.05, 0.1) is 6.04 Å².